The fraction of sp³-hybridized carbons (Fsp3) is 0.692. The van der Waals surface area contributed by atoms with Gasteiger partial charge in [-0.15, -0.1) is 0 Å². The summed E-state index contributed by atoms with van der Waals surface area (Å²) < 4.78 is 5.44. The Hall–Kier alpha value is -1.36. The molecule has 1 aromatic rings. The average Bonchev–Trinajstić information content (AvgIpc) is 2.27. The number of rotatable bonds is 1. The quantitative estimate of drug-likeness (QED) is 0.820. The summed E-state index contributed by atoms with van der Waals surface area (Å²) in [5.74, 6) is 2.23. The highest BCUT2D eigenvalue weighted by Gasteiger charge is 2.24. The molecule has 1 aliphatic heterocycles. The zero-order valence-electron chi connectivity index (χ0n) is 11.6. The summed E-state index contributed by atoms with van der Waals surface area (Å²) in [4.78, 5) is 11.2. The fourth-order valence-electron chi connectivity index (χ4n) is 2.00. The van der Waals surface area contributed by atoms with E-state index >= 15 is 0 Å². The van der Waals surface area contributed by atoms with Crippen molar-refractivity contribution in [2.45, 2.75) is 39.2 Å². The normalized spacial score (nSPS) is 21.1. The van der Waals surface area contributed by atoms with E-state index in [9.17, 15) is 0 Å². The van der Waals surface area contributed by atoms with E-state index < -0.39 is 0 Å². The molecule has 1 unspecified atom stereocenters. The summed E-state index contributed by atoms with van der Waals surface area (Å²) in [6.45, 7) is 10.7. The number of nitrogen functional groups attached to an aromatic ring is 1. The third-order valence-corrected chi connectivity index (χ3v) is 3.07. The first-order chi connectivity index (χ1) is 8.38. The van der Waals surface area contributed by atoms with Crippen molar-refractivity contribution < 1.29 is 4.74 Å². The number of nitrogens with zero attached hydrogens (tertiary/aromatic N) is 3. The lowest BCUT2D eigenvalue weighted by atomic mass is 9.96. The first-order valence-electron chi connectivity index (χ1n) is 6.37. The number of morpholine rings is 1. The predicted octanol–water partition coefficient (Wildman–Crippen LogP) is 1.58. The summed E-state index contributed by atoms with van der Waals surface area (Å²) in [6, 6.07) is 2.16. The lowest BCUT2D eigenvalue weighted by Gasteiger charge is -2.34. The van der Waals surface area contributed by atoms with E-state index in [0.717, 1.165) is 31.4 Å². The van der Waals surface area contributed by atoms with E-state index in [1.807, 2.05) is 6.07 Å². The van der Waals surface area contributed by atoms with Crippen molar-refractivity contribution >= 4 is 11.6 Å². The van der Waals surface area contributed by atoms with Crippen molar-refractivity contribution in [3.05, 3.63) is 11.9 Å². The van der Waals surface area contributed by atoms with Gasteiger partial charge in [0.25, 0.3) is 0 Å². The van der Waals surface area contributed by atoms with Crippen LogP contribution in [-0.4, -0.2) is 35.8 Å². The molecule has 2 rings (SSSR count). The molecular weight excluding hydrogens is 228 g/mol. The Labute approximate surface area is 108 Å². The van der Waals surface area contributed by atoms with Gasteiger partial charge < -0.3 is 15.4 Å². The van der Waals surface area contributed by atoms with E-state index in [-0.39, 0.29) is 5.41 Å². The number of ether oxygens (including phenoxy) is 1. The Morgan fingerprint density at radius 1 is 1.39 bits per heavy atom. The molecule has 2 N–H and O–H groups in total. The highest BCUT2D eigenvalue weighted by Crippen LogP contribution is 2.24. The molecule has 1 atom stereocenters. The van der Waals surface area contributed by atoms with Crippen LogP contribution in [0.4, 0.5) is 11.6 Å². The average molecular weight is 250 g/mol. The van der Waals surface area contributed by atoms with Gasteiger partial charge in [0, 0.05) is 18.0 Å². The van der Waals surface area contributed by atoms with Crippen LogP contribution in [0, 0.1) is 0 Å². The van der Waals surface area contributed by atoms with Crippen LogP contribution >= 0.6 is 0 Å². The zero-order valence-corrected chi connectivity index (χ0v) is 11.6. The number of hydrogen-bond donors (Lipinski definition) is 1. The third kappa shape index (κ3) is 2.72. The number of hydrogen-bond acceptors (Lipinski definition) is 5. The maximum Gasteiger partial charge on any atom is 0.138 e. The molecule has 0 aliphatic carbocycles. The van der Waals surface area contributed by atoms with E-state index in [1.165, 1.54) is 0 Å². The number of aromatic nitrogens is 2. The second kappa shape index (κ2) is 4.72. The van der Waals surface area contributed by atoms with Crippen molar-refractivity contribution in [3.8, 4) is 0 Å². The molecule has 1 aliphatic rings. The Morgan fingerprint density at radius 3 is 2.72 bits per heavy atom. The standard InChI is InChI=1S/C13H22N4O/c1-9-8-18-6-5-17(9)11-7-10(14)15-12(16-11)13(2,3)4/h7,9H,5-6,8H2,1-4H3,(H2,14,15,16). The first kappa shape index (κ1) is 13.1. The van der Waals surface area contributed by atoms with Crippen LogP contribution in [0.1, 0.15) is 33.5 Å². The van der Waals surface area contributed by atoms with Gasteiger partial charge in [-0.1, -0.05) is 20.8 Å². The Balaban J connectivity index is 2.35. The summed E-state index contributed by atoms with van der Waals surface area (Å²) in [5.41, 5.74) is 5.80. The minimum absolute atomic E-state index is 0.0976. The van der Waals surface area contributed by atoms with E-state index in [1.54, 1.807) is 0 Å². The second-order valence-corrected chi connectivity index (χ2v) is 5.84. The molecule has 0 saturated carbocycles. The molecule has 1 saturated heterocycles. The third-order valence-electron chi connectivity index (χ3n) is 3.07. The van der Waals surface area contributed by atoms with Gasteiger partial charge in [-0.3, -0.25) is 0 Å². The maximum atomic E-state index is 5.90. The fourth-order valence-corrected chi connectivity index (χ4v) is 2.00. The minimum Gasteiger partial charge on any atom is -0.384 e. The molecule has 2 heterocycles. The van der Waals surface area contributed by atoms with Gasteiger partial charge in [0.2, 0.25) is 0 Å². The van der Waals surface area contributed by atoms with E-state index in [2.05, 4.69) is 42.6 Å². The molecule has 0 bridgehead atoms. The highest BCUT2D eigenvalue weighted by molar-refractivity contribution is 5.48. The summed E-state index contributed by atoms with van der Waals surface area (Å²) in [5, 5.41) is 0. The number of anilines is 2. The maximum absolute atomic E-state index is 5.90. The lowest BCUT2D eigenvalue weighted by molar-refractivity contribution is 0.0985. The summed E-state index contributed by atoms with van der Waals surface area (Å²) in [6.07, 6.45) is 0. The Bertz CT molecular complexity index is 427. The molecule has 100 valence electrons. The van der Waals surface area contributed by atoms with Crippen molar-refractivity contribution in [1.82, 2.24) is 9.97 Å². The van der Waals surface area contributed by atoms with Crippen LogP contribution in [0.3, 0.4) is 0 Å². The number of nitrogens with two attached hydrogens (primary N) is 1. The van der Waals surface area contributed by atoms with Gasteiger partial charge in [-0.2, -0.15) is 0 Å². The Kier molecular flexibility index (Phi) is 3.43. The highest BCUT2D eigenvalue weighted by atomic mass is 16.5. The van der Waals surface area contributed by atoms with Crippen molar-refractivity contribution in [3.63, 3.8) is 0 Å². The van der Waals surface area contributed by atoms with Crippen molar-refractivity contribution in [2.75, 3.05) is 30.4 Å². The largest absolute Gasteiger partial charge is 0.384 e. The van der Waals surface area contributed by atoms with E-state index in [0.29, 0.717) is 11.9 Å². The van der Waals surface area contributed by atoms with Crippen LogP contribution in [-0.2, 0) is 10.2 Å². The summed E-state index contributed by atoms with van der Waals surface area (Å²) in [7, 11) is 0. The van der Waals surface area contributed by atoms with Crippen LogP contribution in [0.15, 0.2) is 6.07 Å². The molecule has 18 heavy (non-hydrogen) atoms. The van der Waals surface area contributed by atoms with Gasteiger partial charge in [0.1, 0.15) is 17.5 Å². The zero-order chi connectivity index (χ0) is 13.3. The molecule has 1 aromatic heterocycles. The molecule has 1 fully saturated rings. The molecule has 0 amide bonds. The molecule has 5 heteroatoms. The van der Waals surface area contributed by atoms with Crippen molar-refractivity contribution in [2.24, 2.45) is 0 Å². The minimum atomic E-state index is -0.0976. The molecule has 0 spiro atoms. The predicted molar refractivity (Wildman–Crippen MR) is 72.8 cm³/mol. The van der Waals surface area contributed by atoms with Gasteiger partial charge in [0.05, 0.1) is 19.3 Å². The van der Waals surface area contributed by atoms with Crippen LogP contribution in [0.25, 0.3) is 0 Å². The topological polar surface area (TPSA) is 64.3 Å². The van der Waals surface area contributed by atoms with Crippen molar-refractivity contribution in [1.29, 1.82) is 0 Å². The SMILES string of the molecule is CC1COCCN1c1cc(N)nc(C(C)(C)C)n1. The molecule has 0 aromatic carbocycles. The van der Waals surface area contributed by atoms with Gasteiger partial charge in [-0.05, 0) is 6.92 Å². The van der Waals surface area contributed by atoms with E-state index in [4.69, 9.17) is 10.5 Å². The monoisotopic (exact) mass is 250 g/mol. The molecular formula is C13H22N4O. The van der Waals surface area contributed by atoms with Gasteiger partial charge in [0.15, 0.2) is 0 Å². The summed E-state index contributed by atoms with van der Waals surface area (Å²) >= 11 is 0. The van der Waals surface area contributed by atoms with Gasteiger partial charge >= 0.3 is 0 Å². The van der Waals surface area contributed by atoms with Gasteiger partial charge in [-0.25, -0.2) is 9.97 Å². The van der Waals surface area contributed by atoms with Crippen LogP contribution < -0.4 is 10.6 Å². The first-order valence-corrected chi connectivity index (χ1v) is 6.37. The van der Waals surface area contributed by atoms with Crippen LogP contribution in [0.5, 0.6) is 0 Å². The molecule has 0 radical (unpaired) electrons. The Morgan fingerprint density at radius 2 is 2.11 bits per heavy atom. The smallest absolute Gasteiger partial charge is 0.138 e. The van der Waals surface area contributed by atoms with Crippen LogP contribution in [0.2, 0.25) is 0 Å². The molecule has 5 nitrogen and oxygen atoms in total. The lowest BCUT2D eigenvalue weighted by Crippen LogP contribution is -2.44. The second-order valence-electron chi connectivity index (χ2n) is 5.84.